The molecule has 82 valence electrons. The summed E-state index contributed by atoms with van der Waals surface area (Å²) >= 11 is 0. The van der Waals surface area contributed by atoms with Gasteiger partial charge in [0.15, 0.2) is 0 Å². The van der Waals surface area contributed by atoms with Gasteiger partial charge in [-0.3, -0.25) is 0 Å². The van der Waals surface area contributed by atoms with Gasteiger partial charge in [0.25, 0.3) is 0 Å². The maximum atomic E-state index is 5.53. The van der Waals surface area contributed by atoms with Crippen molar-refractivity contribution in [3.63, 3.8) is 0 Å². The third kappa shape index (κ3) is 3.33. The predicted octanol–water partition coefficient (Wildman–Crippen LogP) is 2.20. The van der Waals surface area contributed by atoms with Gasteiger partial charge in [-0.1, -0.05) is 30.3 Å². The average molecular weight is 205 g/mol. The number of nitrogens with one attached hydrogen (secondary N) is 1. The van der Waals surface area contributed by atoms with Crippen molar-refractivity contribution >= 4 is 0 Å². The number of hydrogen-bond acceptors (Lipinski definition) is 2. The maximum Gasteiger partial charge on any atom is 0.0551 e. The normalized spacial score (nSPS) is 25.7. The van der Waals surface area contributed by atoms with Crippen LogP contribution >= 0.6 is 0 Å². The molecule has 0 aromatic heterocycles. The molecule has 2 rings (SSSR count). The molecule has 0 spiro atoms. The summed E-state index contributed by atoms with van der Waals surface area (Å²) in [5.41, 5.74) is 1.35. The Hall–Kier alpha value is -0.860. The minimum absolute atomic E-state index is 0.452. The zero-order valence-corrected chi connectivity index (χ0v) is 9.28. The number of ether oxygens (including phenoxy) is 1. The van der Waals surface area contributed by atoms with Crippen molar-refractivity contribution in [3.05, 3.63) is 35.9 Å². The Bertz CT molecular complexity index is 286. The summed E-state index contributed by atoms with van der Waals surface area (Å²) in [6.45, 7) is 5.10. The van der Waals surface area contributed by atoms with Gasteiger partial charge in [0.1, 0.15) is 0 Å². The van der Waals surface area contributed by atoms with Crippen LogP contribution in [0.4, 0.5) is 0 Å². The highest BCUT2D eigenvalue weighted by molar-refractivity contribution is 5.14. The van der Waals surface area contributed by atoms with Crippen molar-refractivity contribution in [2.45, 2.75) is 26.0 Å². The molecule has 0 bridgehead atoms. The molecule has 2 atom stereocenters. The summed E-state index contributed by atoms with van der Waals surface area (Å²) in [6.07, 6.45) is 1.65. The van der Waals surface area contributed by atoms with Crippen LogP contribution in [0, 0.1) is 5.92 Å². The summed E-state index contributed by atoms with van der Waals surface area (Å²) in [5, 5.41) is 3.48. The minimum Gasteiger partial charge on any atom is -0.378 e. The quantitative estimate of drug-likeness (QED) is 0.813. The molecule has 0 saturated carbocycles. The Kier molecular flexibility index (Phi) is 3.75. The zero-order chi connectivity index (χ0) is 10.5. The van der Waals surface area contributed by atoms with E-state index in [4.69, 9.17) is 4.74 Å². The van der Waals surface area contributed by atoms with E-state index in [1.165, 1.54) is 12.0 Å². The first-order chi connectivity index (χ1) is 7.34. The van der Waals surface area contributed by atoms with Crippen LogP contribution in [0.3, 0.4) is 0 Å². The molecule has 1 saturated heterocycles. The molecule has 2 heteroatoms. The Morgan fingerprint density at radius 3 is 2.80 bits per heavy atom. The van der Waals surface area contributed by atoms with Gasteiger partial charge < -0.3 is 10.1 Å². The molecule has 1 aliphatic rings. The molecule has 0 radical (unpaired) electrons. The second-order valence-electron chi connectivity index (χ2n) is 4.36. The molecule has 0 aliphatic carbocycles. The van der Waals surface area contributed by atoms with Gasteiger partial charge in [-0.2, -0.15) is 0 Å². The Balaban J connectivity index is 1.67. The third-order valence-electron chi connectivity index (χ3n) is 2.89. The van der Waals surface area contributed by atoms with Crippen LogP contribution in [-0.4, -0.2) is 19.3 Å². The van der Waals surface area contributed by atoms with Gasteiger partial charge in [-0.05, 0) is 24.8 Å². The smallest absolute Gasteiger partial charge is 0.0551 e. The topological polar surface area (TPSA) is 21.3 Å². The first-order valence-electron chi connectivity index (χ1n) is 5.71. The molecule has 2 nitrogen and oxygen atoms in total. The lowest BCUT2D eigenvalue weighted by atomic mass is 10.1. The van der Waals surface area contributed by atoms with E-state index in [1.807, 2.05) is 0 Å². The van der Waals surface area contributed by atoms with Gasteiger partial charge >= 0.3 is 0 Å². The third-order valence-corrected chi connectivity index (χ3v) is 2.89. The number of rotatable bonds is 4. The molecule has 1 aliphatic heterocycles. The van der Waals surface area contributed by atoms with E-state index in [0.717, 1.165) is 19.7 Å². The Labute approximate surface area is 91.6 Å². The summed E-state index contributed by atoms with van der Waals surface area (Å²) in [7, 11) is 0. The summed E-state index contributed by atoms with van der Waals surface area (Å²) in [5.74, 6) is 0.698. The monoisotopic (exact) mass is 205 g/mol. The molecule has 1 N–H and O–H groups in total. The number of benzene rings is 1. The van der Waals surface area contributed by atoms with Gasteiger partial charge in [-0.15, -0.1) is 0 Å². The largest absolute Gasteiger partial charge is 0.378 e. The van der Waals surface area contributed by atoms with Crippen molar-refractivity contribution in [2.75, 3.05) is 13.2 Å². The number of hydrogen-bond donors (Lipinski definition) is 1. The average Bonchev–Trinajstić information content (AvgIpc) is 2.66. The van der Waals surface area contributed by atoms with E-state index < -0.39 is 0 Å². The molecule has 1 heterocycles. The predicted molar refractivity (Wildman–Crippen MR) is 61.7 cm³/mol. The maximum absolute atomic E-state index is 5.53. The second kappa shape index (κ2) is 5.29. The molecule has 1 aromatic rings. The Morgan fingerprint density at radius 2 is 2.13 bits per heavy atom. The fraction of sp³-hybridized carbons (Fsp3) is 0.538. The first kappa shape index (κ1) is 10.7. The molecular formula is C13H19NO. The molecular weight excluding hydrogens is 186 g/mol. The van der Waals surface area contributed by atoms with E-state index in [-0.39, 0.29) is 0 Å². The van der Waals surface area contributed by atoms with E-state index in [2.05, 4.69) is 42.6 Å². The van der Waals surface area contributed by atoms with Gasteiger partial charge in [0, 0.05) is 13.1 Å². The van der Waals surface area contributed by atoms with Crippen LogP contribution in [0.15, 0.2) is 30.3 Å². The molecule has 1 fully saturated rings. The highest BCUT2D eigenvalue weighted by atomic mass is 16.5. The summed E-state index contributed by atoms with van der Waals surface area (Å²) < 4.78 is 5.53. The molecule has 15 heavy (non-hydrogen) atoms. The van der Waals surface area contributed by atoms with Crippen LogP contribution in [0.2, 0.25) is 0 Å². The fourth-order valence-electron chi connectivity index (χ4n) is 2.06. The minimum atomic E-state index is 0.452. The van der Waals surface area contributed by atoms with E-state index in [9.17, 15) is 0 Å². The lowest BCUT2D eigenvalue weighted by Crippen LogP contribution is -2.22. The lowest BCUT2D eigenvalue weighted by Gasteiger charge is -2.09. The van der Waals surface area contributed by atoms with Crippen LogP contribution in [-0.2, 0) is 11.3 Å². The summed E-state index contributed by atoms with van der Waals surface area (Å²) in [6, 6.07) is 10.5. The van der Waals surface area contributed by atoms with Crippen molar-refractivity contribution in [1.29, 1.82) is 0 Å². The van der Waals surface area contributed by atoms with Crippen LogP contribution in [0.5, 0.6) is 0 Å². The van der Waals surface area contributed by atoms with Crippen molar-refractivity contribution in [3.8, 4) is 0 Å². The van der Waals surface area contributed by atoms with Gasteiger partial charge in [-0.25, -0.2) is 0 Å². The zero-order valence-electron chi connectivity index (χ0n) is 9.28. The van der Waals surface area contributed by atoms with E-state index in [1.54, 1.807) is 0 Å². The second-order valence-corrected chi connectivity index (χ2v) is 4.36. The first-order valence-corrected chi connectivity index (χ1v) is 5.71. The fourth-order valence-corrected chi connectivity index (χ4v) is 2.06. The van der Waals surface area contributed by atoms with E-state index in [0.29, 0.717) is 12.0 Å². The Morgan fingerprint density at radius 1 is 1.33 bits per heavy atom. The van der Waals surface area contributed by atoms with Crippen molar-refractivity contribution in [1.82, 2.24) is 5.32 Å². The van der Waals surface area contributed by atoms with Gasteiger partial charge in [0.2, 0.25) is 0 Å². The SMILES string of the molecule is CC1CC(CNCc2ccccc2)CO1. The highest BCUT2D eigenvalue weighted by Crippen LogP contribution is 2.17. The molecule has 1 aromatic carbocycles. The van der Waals surface area contributed by atoms with Crippen LogP contribution in [0.1, 0.15) is 18.9 Å². The van der Waals surface area contributed by atoms with E-state index >= 15 is 0 Å². The van der Waals surface area contributed by atoms with Crippen LogP contribution < -0.4 is 5.32 Å². The lowest BCUT2D eigenvalue weighted by molar-refractivity contribution is 0.120. The van der Waals surface area contributed by atoms with Crippen LogP contribution in [0.25, 0.3) is 0 Å². The van der Waals surface area contributed by atoms with Crippen molar-refractivity contribution in [2.24, 2.45) is 5.92 Å². The highest BCUT2D eigenvalue weighted by Gasteiger charge is 2.21. The standard InChI is InChI=1S/C13H19NO/c1-11-7-13(10-15-11)9-14-8-12-5-3-2-4-6-12/h2-6,11,13-14H,7-10H2,1H3. The molecule has 0 amide bonds. The van der Waals surface area contributed by atoms with Crippen molar-refractivity contribution < 1.29 is 4.74 Å². The van der Waals surface area contributed by atoms with Gasteiger partial charge in [0.05, 0.1) is 12.7 Å². The summed E-state index contributed by atoms with van der Waals surface area (Å²) in [4.78, 5) is 0. The molecule has 2 unspecified atom stereocenters.